The number of aromatic carboxylic acids is 1. The highest BCUT2D eigenvalue weighted by Crippen LogP contribution is 2.34. The molecule has 1 aromatic heterocycles. The van der Waals surface area contributed by atoms with Crippen molar-refractivity contribution in [2.24, 2.45) is 0 Å². The number of allylic oxidation sites excluding steroid dienone is 2. The first kappa shape index (κ1) is 22.3. The van der Waals surface area contributed by atoms with Crippen LogP contribution in [0.1, 0.15) is 15.9 Å². The van der Waals surface area contributed by atoms with Gasteiger partial charge in [0.25, 0.3) is 0 Å². The Bertz CT molecular complexity index is 1120. The smallest absolute Gasteiger partial charge is 0.355 e. The number of carbonyl (C=O) groups is 3. The maximum absolute atomic E-state index is 12.7. The maximum atomic E-state index is 12.7. The average molecular weight is 435 g/mol. The van der Waals surface area contributed by atoms with Gasteiger partial charge in [-0.05, 0) is 42.0 Å². The summed E-state index contributed by atoms with van der Waals surface area (Å²) >= 11 is 0. The predicted molar refractivity (Wildman–Crippen MR) is 117 cm³/mol. The molecule has 0 fully saturated rings. The highest BCUT2D eigenvalue weighted by atomic mass is 16.5. The number of nitrogens with zero attached hydrogens (tertiary/aromatic N) is 2. The van der Waals surface area contributed by atoms with Crippen LogP contribution in [-0.2, 0) is 25.6 Å². The molecule has 2 heterocycles. The highest BCUT2D eigenvalue weighted by molar-refractivity contribution is 6.06. The van der Waals surface area contributed by atoms with E-state index in [1.807, 2.05) is 6.07 Å². The van der Waals surface area contributed by atoms with Gasteiger partial charge in [0.1, 0.15) is 5.70 Å². The van der Waals surface area contributed by atoms with Gasteiger partial charge in [-0.3, -0.25) is 4.98 Å². The van der Waals surface area contributed by atoms with Crippen LogP contribution in [0.25, 0.3) is 0 Å². The Kier molecular flexibility index (Phi) is 7.02. The lowest BCUT2D eigenvalue weighted by atomic mass is 10.1. The molecule has 0 amide bonds. The number of aromatic nitrogens is 1. The second kappa shape index (κ2) is 10.1. The van der Waals surface area contributed by atoms with Gasteiger partial charge in [0.15, 0.2) is 0 Å². The third-order valence-corrected chi connectivity index (χ3v) is 4.60. The molecule has 2 aromatic rings. The molecule has 9 nitrogen and oxygen atoms in total. The monoisotopic (exact) mass is 435 g/mol. The molecule has 0 saturated carbocycles. The molecule has 3 rings (SSSR count). The van der Waals surface area contributed by atoms with Crippen LogP contribution in [0, 0.1) is 0 Å². The summed E-state index contributed by atoms with van der Waals surface area (Å²) in [6, 6.07) is 8.13. The molecule has 0 spiro atoms. The minimum Gasteiger partial charge on any atom is -0.478 e. The quantitative estimate of drug-likeness (QED) is 0.633. The van der Waals surface area contributed by atoms with Crippen LogP contribution in [0.5, 0.6) is 0 Å². The minimum atomic E-state index is -1.14. The lowest BCUT2D eigenvalue weighted by molar-refractivity contribution is -0.139. The van der Waals surface area contributed by atoms with Crippen molar-refractivity contribution >= 4 is 29.3 Å². The van der Waals surface area contributed by atoms with E-state index < -0.39 is 17.9 Å². The van der Waals surface area contributed by atoms with E-state index in [0.717, 1.165) is 5.56 Å². The first-order chi connectivity index (χ1) is 15.5. The fraction of sp³-hybridized carbons (Fsp3) is 0.130. The highest BCUT2D eigenvalue weighted by Gasteiger charge is 2.29. The van der Waals surface area contributed by atoms with E-state index in [2.05, 4.69) is 10.3 Å². The SMILES string of the molecule is COC(=O)C1=C(C(=O)OC)N(c2cc(C(=O)O)ccc2NCc2cccnc2)C=CC=C1. The summed E-state index contributed by atoms with van der Waals surface area (Å²) in [7, 11) is 2.39. The van der Waals surface area contributed by atoms with Gasteiger partial charge in [0.2, 0.25) is 0 Å². The van der Waals surface area contributed by atoms with Crippen molar-refractivity contribution in [1.82, 2.24) is 4.98 Å². The number of carbonyl (C=O) groups excluding carboxylic acids is 2. The Morgan fingerprint density at radius 1 is 1.09 bits per heavy atom. The van der Waals surface area contributed by atoms with Gasteiger partial charge in [-0.15, -0.1) is 0 Å². The van der Waals surface area contributed by atoms with Gasteiger partial charge >= 0.3 is 17.9 Å². The van der Waals surface area contributed by atoms with Crippen molar-refractivity contribution in [3.63, 3.8) is 0 Å². The molecule has 0 unspecified atom stereocenters. The third kappa shape index (κ3) is 4.84. The Morgan fingerprint density at radius 2 is 1.88 bits per heavy atom. The van der Waals surface area contributed by atoms with Crippen LogP contribution < -0.4 is 10.2 Å². The second-order valence-electron chi connectivity index (χ2n) is 6.57. The van der Waals surface area contributed by atoms with Gasteiger partial charge in [0, 0.05) is 25.1 Å². The first-order valence-electron chi connectivity index (χ1n) is 9.51. The Morgan fingerprint density at radius 3 is 2.53 bits per heavy atom. The largest absolute Gasteiger partial charge is 0.478 e. The van der Waals surface area contributed by atoms with Crippen LogP contribution in [0.2, 0.25) is 0 Å². The molecule has 9 heteroatoms. The van der Waals surface area contributed by atoms with Crippen molar-refractivity contribution in [3.05, 3.63) is 89.6 Å². The number of methoxy groups -OCH3 is 2. The molecule has 164 valence electrons. The number of ether oxygens (including phenoxy) is 2. The molecule has 0 atom stereocenters. The molecular formula is C23H21N3O6. The molecule has 0 saturated heterocycles. The number of hydrogen-bond acceptors (Lipinski definition) is 8. The van der Waals surface area contributed by atoms with Crippen molar-refractivity contribution < 1.29 is 29.0 Å². The Balaban J connectivity index is 2.15. The number of nitrogens with one attached hydrogen (secondary N) is 1. The molecule has 2 N–H and O–H groups in total. The number of benzene rings is 1. The summed E-state index contributed by atoms with van der Waals surface area (Å²) in [5.74, 6) is -2.67. The van der Waals surface area contributed by atoms with Crippen molar-refractivity contribution in [3.8, 4) is 0 Å². The van der Waals surface area contributed by atoms with Crippen molar-refractivity contribution in [2.75, 3.05) is 24.4 Å². The molecule has 1 aliphatic rings. The van der Waals surface area contributed by atoms with Crippen LogP contribution in [0.3, 0.4) is 0 Å². The molecule has 0 aliphatic carbocycles. The van der Waals surface area contributed by atoms with E-state index >= 15 is 0 Å². The summed E-state index contributed by atoms with van der Waals surface area (Å²) in [5.41, 5.74) is 1.60. The van der Waals surface area contributed by atoms with Gasteiger partial charge < -0.3 is 24.8 Å². The zero-order valence-corrected chi connectivity index (χ0v) is 17.4. The Hall–Kier alpha value is -4.40. The topological polar surface area (TPSA) is 118 Å². The molecule has 32 heavy (non-hydrogen) atoms. The standard InChI is InChI=1S/C23H21N3O6/c1-31-22(29)17-7-3-4-11-26(20(17)23(30)32-2)19-12-16(21(27)28)8-9-18(19)25-14-15-6-5-10-24-13-15/h3-13,25H,14H2,1-2H3,(H,27,28). The summed E-state index contributed by atoms with van der Waals surface area (Å²) in [6.07, 6.45) is 9.50. The number of hydrogen-bond donors (Lipinski definition) is 2. The number of carboxylic acid groups (broad SMARTS) is 1. The lowest BCUT2D eigenvalue weighted by Gasteiger charge is -2.26. The summed E-state index contributed by atoms with van der Waals surface area (Å²) in [5, 5.41) is 12.7. The van der Waals surface area contributed by atoms with Crippen LogP contribution in [0.4, 0.5) is 11.4 Å². The number of anilines is 2. The van der Waals surface area contributed by atoms with Crippen molar-refractivity contribution in [1.29, 1.82) is 0 Å². The zero-order chi connectivity index (χ0) is 23.1. The number of carboxylic acids is 1. The van der Waals surface area contributed by atoms with Crippen LogP contribution in [-0.4, -0.2) is 42.2 Å². The second-order valence-corrected chi connectivity index (χ2v) is 6.57. The third-order valence-electron chi connectivity index (χ3n) is 4.60. The van der Waals surface area contributed by atoms with E-state index in [-0.39, 0.29) is 16.8 Å². The molecule has 1 aliphatic heterocycles. The minimum absolute atomic E-state index is 0.00127. The maximum Gasteiger partial charge on any atom is 0.355 e. The molecule has 0 radical (unpaired) electrons. The number of rotatable bonds is 7. The Labute approximate surface area is 184 Å². The van der Waals surface area contributed by atoms with E-state index in [1.54, 1.807) is 36.7 Å². The van der Waals surface area contributed by atoms with Gasteiger partial charge in [-0.2, -0.15) is 0 Å². The summed E-state index contributed by atoms with van der Waals surface area (Å²) in [4.78, 5) is 42.2. The van der Waals surface area contributed by atoms with Crippen molar-refractivity contribution in [2.45, 2.75) is 6.54 Å². The summed E-state index contributed by atoms with van der Waals surface area (Å²) < 4.78 is 9.73. The average Bonchev–Trinajstić information content (AvgIpc) is 3.05. The van der Waals surface area contributed by atoms with E-state index in [9.17, 15) is 19.5 Å². The number of esters is 2. The zero-order valence-electron chi connectivity index (χ0n) is 17.4. The fourth-order valence-corrected chi connectivity index (χ4v) is 3.06. The molecular weight excluding hydrogens is 414 g/mol. The lowest BCUT2D eigenvalue weighted by Crippen LogP contribution is -2.27. The van der Waals surface area contributed by atoms with Crippen LogP contribution >= 0.6 is 0 Å². The van der Waals surface area contributed by atoms with E-state index in [4.69, 9.17) is 9.47 Å². The normalized spacial score (nSPS) is 12.9. The van der Waals surface area contributed by atoms with Gasteiger partial charge in [0.05, 0.1) is 36.7 Å². The molecule has 1 aromatic carbocycles. The number of pyridine rings is 1. The molecule has 0 bridgehead atoms. The van der Waals surface area contributed by atoms with Gasteiger partial charge in [-0.25, -0.2) is 14.4 Å². The van der Waals surface area contributed by atoms with Gasteiger partial charge in [-0.1, -0.05) is 12.1 Å². The van der Waals surface area contributed by atoms with Crippen LogP contribution in [0.15, 0.2) is 78.4 Å². The van der Waals surface area contributed by atoms with E-state index in [1.165, 1.54) is 43.5 Å². The van der Waals surface area contributed by atoms with E-state index in [0.29, 0.717) is 17.9 Å². The predicted octanol–water partition coefficient (Wildman–Crippen LogP) is 2.88. The summed E-state index contributed by atoms with van der Waals surface area (Å²) in [6.45, 7) is 0.393. The first-order valence-corrected chi connectivity index (χ1v) is 9.51. The fourth-order valence-electron chi connectivity index (χ4n) is 3.06.